The Morgan fingerprint density at radius 1 is 1.26 bits per heavy atom. The number of nitrogens with one attached hydrogen (secondary N) is 1. The maximum Gasteiger partial charge on any atom is 0.401 e. The Bertz CT molecular complexity index is 353. The molecule has 3 N–H and O–H groups in total. The van der Waals surface area contributed by atoms with Crippen molar-refractivity contribution >= 4 is 5.91 Å². The van der Waals surface area contributed by atoms with E-state index in [0.29, 0.717) is 0 Å². The van der Waals surface area contributed by atoms with Gasteiger partial charge in [-0.25, -0.2) is 0 Å². The van der Waals surface area contributed by atoms with Crippen LogP contribution in [-0.2, 0) is 4.79 Å². The average Bonchev–Trinajstić information content (AvgIpc) is 3.09. The molecule has 2 aliphatic rings. The molecule has 0 radical (unpaired) electrons. The molecule has 19 heavy (non-hydrogen) atoms. The van der Waals surface area contributed by atoms with E-state index in [1.54, 1.807) is 6.92 Å². The molecular weight excluding hydrogens is 259 g/mol. The first-order valence-corrected chi connectivity index (χ1v) is 6.58. The third kappa shape index (κ3) is 4.35. The van der Waals surface area contributed by atoms with Crippen LogP contribution >= 0.6 is 0 Å². The van der Waals surface area contributed by atoms with Crippen molar-refractivity contribution in [2.75, 3.05) is 13.1 Å². The molecule has 0 aromatic carbocycles. The van der Waals surface area contributed by atoms with Gasteiger partial charge in [-0.15, -0.1) is 0 Å². The highest BCUT2D eigenvalue weighted by Gasteiger charge is 2.44. The van der Waals surface area contributed by atoms with Crippen LogP contribution in [0.25, 0.3) is 0 Å². The number of halogens is 3. The van der Waals surface area contributed by atoms with Crippen molar-refractivity contribution in [3.05, 3.63) is 0 Å². The SMILES string of the molecule is CC(CN(CC(F)(F)F)C1CC1)(NC1CC1)C(N)=O. The van der Waals surface area contributed by atoms with Crippen molar-refractivity contribution in [2.45, 2.75) is 56.4 Å². The molecule has 4 nitrogen and oxygen atoms in total. The van der Waals surface area contributed by atoms with E-state index in [9.17, 15) is 18.0 Å². The lowest BCUT2D eigenvalue weighted by molar-refractivity contribution is -0.151. The fourth-order valence-electron chi connectivity index (χ4n) is 2.26. The Morgan fingerprint density at radius 2 is 1.84 bits per heavy atom. The van der Waals surface area contributed by atoms with E-state index in [1.165, 1.54) is 4.90 Å². The molecule has 1 atom stereocenters. The third-order valence-electron chi connectivity index (χ3n) is 3.61. The highest BCUT2D eigenvalue weighted by Crippen LogP contribution is 2.32. The topological polar surface area (TPSA) is 58.4 Å². The first-order valence-electron chi connectivity index (χ1n) is 6.58. The average molecular weight is 279 g/mol. The first-order chi connectivity index (χ1) is 8.70. The maximum atomic E-state index is 12.6. The van der Waals surface area contributed by atoms with E-state index in [4.69, 9.17) is 5.73 Å². The largest absolute Gasteiger partial charge is 0.401 e. The number of nitrogens with two attached hydrogens (primary N) is 1. The van der Waals surface area contributed by atoms with Gasteiger partial charge in [-0.1, -0.05) is 0 Å². The molecule has 0 bridgehead atoms. The molecule has 0 aromatic heterocycles. The molecule has 2 rings (SSSR count). The Hall–Kier alpha value is -0.820. The zero-order valence-corrected chi connectivity index (χ0v) is 11.0. The second-order valence-electron chi connectivity index (χ2n) is 5.87. The smallest absolute Gasteiger partial charge is 0.368 e. The number of carbonyl (C=O) groups excluding carboxylic acids is 1. The van der Waals surface area contributed by atoms with Crippen molar-refractivity contribution in [2.24, 2.45) is 5.73 Å². The van der Waals surface area contributed by atoms with Crippen molar-refractivity contribution < 1.29 is 18.0 Å². The van der Waals surface area contributed by atoms with Crippen molar-refractivity contribution in [1.29, 1.82) is 0 Å². The van der Waals surface area contributed by atoms with E-state index in [-0.39, 0.29) is 18.6 Å². The number of hydrogen-bond acceptors (Lipinski definition) is 3. The standard InChI is InChI=1S/C12H20F3N3O/c1-11(10(16)19,17-8-2-3-8)6-18(9-4-5-9)7-12(13,14)15/h8-9,17H,2-7H2,1H3,(H2,16,19). The molecule has 2 saturated carbocycles. The Labute approximate surface area is 110 Å². The van der Waals surface area contributed by atoms with Crippen molar-refractivity contribution in [3.8, 4) is 0 Å². The summed E-state index contributed by atoms with van der Waals surface area (Å²) in [4.78, 5) is 12.9. The summed E-state index contributed by atoms with van der Waals surface area (Å²) < 4.78 is 37.7. The molecule has 110 valence electrons. The van der Waals surface area contributed by atoms with Gasteiger partial charge in [-0.05, 0) is 32.6 Å². The summed E-state index contributed by atoms with van der Waals surface area (Å²) in [7, 11) is 0. The molecular formula is C12H20F3N3O. The summed E-state index contributed by atoms with van der Waals surface area (Å²) in [5.74, 6) is -0.591. The zero-order valence-electron chi connectivity index (χ0n) is 11.0. The number of alkyl halides is 3. The molecule has 0 saturated heterocycles. The van der Waals surface area contributed by atoms with E-state index >= 15 is 0 Å². The van der Waals surface area contributed by atoms with Gasteiger partial charge in [0.25, 0.3) is 0 Å². The van der Waals surface area contributed by atoms with E-state index in [0.717, 1.165) is 25.7 Å². The molecule has 0 aliphatic heterocycles. The fourth-order valence-corrected chi connectivity index (χ4v) is 2.26. The lowest BCUT2D eigenvalue weighted by Gasteiger charge is -2.34. The van der Waals surface area contributed by atoms with Crippen LogP contribution in [0, 0.1) is 0 Å². The van der Waals surface area contributed by atoms with Crippen LogP contribution < -0.4 is 11.1 Å². The lowest BCUT2D eigenvalue weighted by Crippen LogP contribution is -2.61. The predicted octanol–water partition coefficient (Wildman–Crippen LogP) is 1.01. The van der Waals surface area contributed by atoms with Gasteiger partial charge < -0.3 is 5.73 Å². The second kappa shape index (κ2) is 4.94. The van der Waals surface area contributed by atoms with Crippen LogP contribution in [0.15, 0.2) is 0 Å². The van der Waals surface area contributed by atoms with Gasteiger partial charge >= 0.3 is 6.18 Å². The van der Waals surface area contributed by atoms with Crippen molar-refractivity contribution in [1.82, 2.24) is 10.2 Å². The van der Waals surface area contributed by atoms with Crippen LogP contribution in [0.3, 0.4) is 0 Å². The normalized spacial score (nSPS) is 23.4. The van der Waals surface area contributed by atoms with Gasteiger partial charge in [-0.3, -0.25) is 15.0 Å². The number of hydrogen-bond donors (Lipinski definition) is 2. The number of rotatable bonds is 7. The fraction of sp³-hybridized carbons (Fsp3) is 0.917. The van der Waals surface area contributed by atoms with Gasteiger partial charge in [0.05, 0.1) is 6.54 Å². The van der Waals surface area contributed by atoms with Gasteiger partial charge in [0.2, 0.25) is 5.91 Å². The molecule has 0 spiro atoms. The number of amides is 1. The zero-order chi connectivity index (χ0) is 14.3. The number of primary amides is 1. The van der Waals surface area contributed by atoms with Crippen LogP contribution in [-0.4, -0.2) is 47.7 Å². The molecule has 1 unspecified atom stereocenters. The number of nitrogens with zero attached hydrogens (tertiary/aromatic N) is 1. The van der Waals surface area contributed by atoms with E-state index in [2.05, 4.69) is 5.32 Å². The third-order valence-corrected chi connectivity index (χ3v) is 3.61. The minimum atomic E-state index is -4.25. The molecule has 0 heterocycles. The maximum absolute atomic E-state index is 12.6. The van der Waals surface area contributed by atoms with Gasteiger partial charge in [0.15, 0.2) is 0 Å². The van der Waals surface area contributed by atoms with Crippen LogP contribution in [0.1, 0.15) is 32.6 Å². The van der Waals surface area contributed by atoms with E-state index in [1.807, 2.05) is 0 Å². The van der Waals surface area contributed by atoms with E-state index < -0.39 is 24.2 Å². The molecule has 0 aromatic rings. The van der Waals surface area contributed by atoms with Crippen LogP contribution in [0.5, 0.6) is 0 Å². The highest BCUT2D eigenvalue weighted by atomic mass is 19.4. The van der Waals surface area contributed by atoms with Gasteiger partial charge in [-0.2, -0.15) is 13.2 Å². The highest BCUT2D eigenvalue weighted by molar-refractivity contribution is 5.84. The van der Waals surface area contributed by atoms with Crippen LogP contribution in [0.4, 0.5) is 13.2 Å². The Kier molecular flexibility index (Phi) is 3.79. The minimum absolute atomic E-state index is 0.0169. The molecule has 1 amide bonds. The summed E-state index contributed by atoms with van der Waals surface area (Å²) in [5, 5.41) is 3.08. The lowest BCUT2D eigenvalue weighted by atomic mass is 10.00. The first kappa shape index (κ1) is 14.6. The quantitative estimate of drug-likeness (QED) is 0.731. The van der Waals surface area contributed by atoms with Crippen LogP contribution in [0.2, 0.25) is 0 Å². The summed E-state index contributed by atoms with van der Waals surface area (Å²) >= 11 is 0. The summed E-state index contributed by atoms with van der Waals surface area (Å²) in [6.45, 7) is 0.634. The van der Waals surface area contributed by atoms with Gasteiger partial charge in [0.1, 0.15) is 5.54 Å². The minimum Gasteiger partial charge on any atom is -0.368 e. The molecule has 2 aliphatic carbocycles. The summed E-state index contributed by atoms with van der Waals surface area (Å²) in [6, 6.07) is 0.144. The Balaban J connectivity index is 2.01. The monoisotopic (exact) mass is 279 g/mol. The predicted molar refractivity (Wildman–Crippen MR) is 64.4 cm³/mol. The molecule has 2 fully saturated rings. The summed E-state index contributed by atoms with van der Waals surface area (Å²) in [5.41, 5.74) is 4.28. The van der Waals surface area contributed by atoms with Crippen molar-refractivity contribution in [3.63, 3.8) is 0 Å². The van der Waals surface area contributed by atoms with Gasteiger partial charge in [0, 0.05) is 18.6 Å². The second-order valence-corrected chi connectivity index (χ2v) is 5.87. The Morgan fingerprint density at radius 3 is 2.21 bits per heavy atom. The molecule has 7 heteroatoms. The summed E-state index contributed by atoms with van der Waals surface area (Å²) in [6.07, 6.45) is -0.833. The number of carbonyl (C=O) groups is 1.